The average Bonchev–Trinajstić information content (AvgIpc) is 2.33. The molecule has 102 valence electrons. The zero-order valence-corrected chi connectivity index (χ0v) is 13.0. The minimum absolute atomic E-state index is 0.308. The molecule has 18 heavy (non-hydrogen) atoms. The minimum Gasteiger partial charge on any atom is -0.307 e. The molecule has 0 aliphatic rings. The zero-order chi connectivity index (χ0) is 13.5. The first kappa shape index (κ1) is 15.8. The van der Waals surface area contributed by atoms with Crippen LogP contribution in [0.2, 0.25) is 10.0 Å². The summed E-state index contributed by atoms with van der Waals surface area (Å²) in [4.78, 5) is 0. The highest BCUT2D eigenvalue weighted by molar-refractivity contribution is 6.42. The van der Waals surface area contributed by atoms with Gasteiger partial charge in [0, 0.05) is 12.1 Å². The number of hydrogen-bond donors (Lipinski definition) is 1. The highest BCUT2D eigenvalue weighted by Crippen LogP contribution is 2.26. The van der Waals surface area contributed by atoms with E-state index in [1.807, 2.05) is 18.2 Å². The molecule has 0 bridgehead atoms. The van der Waals surface area contributed by atoms with Gasteiger partial charge in [-0.3, -0.25) is 0 Å². The number of nitrogens with one attached hydrogen (secondary N) is 1. The Bertz CT molecular complexity index is 360. The average molecular weight is 288 g/mol. The van der Waals surface area contributed by atoms with E-state index < -0.39 is 0 Å². The van der Waals surface area contributed by atoms with Crippen molar-refractivity contribution in [2.45, 2.75) is 58.5 Å². The molecule has 1 aromatic carbocycles. The maximum atomic E-state index is 6.06. The molecule has 1 aromatic rings. The van der Waals surface area contributed by atoms with Crippen LogP contribution in [-0.2, 0) is 0 Å². The Balaban J connectivity index is 2.67. The lowest BCUT2D eigenvalue weighted by atomic mass is 10.0. The second-order valence-electron chi connectivity index (χ2n) is 4.84. The molecule has 0 saturated carbocycles. The molecule has 0 radical (unpaired) electrons. The van der Waals surface area contributed by atoms with Gasteiger partial charge in [-0.1, -0.05) is 56.0 Å². The maximum absolute atomic E-state index is 6.06. The van der Waals surface area contributed by atoms with Crippen LogP contribution in [0.5, 0.6) is 0 Å². The van der Waals surface area contributed by atoms with E-state index in [0.717, 1.165) is 0 Å². The van der Waals surface area contributed by atoms with Crippen molar-refractivity contribution < 1.29 is 0 Å². The molecule has 1 nitrogen and oxygen atoms in total. The van der Waals surface area contributed by atoms with Crippen LogP contribution < -0.4 is 5.32 Å². The van der Waals surface area contributed by atoms with Gasteiger partial charge in [-0.2, -0.15) is 0 Å². The Hall–Kier alpha value is -0.240. The van der Waals surface area contributed by atoms with Crippen molar-refractivity contribution in [2.75, 3.05) is 0 Å². The molecule has 1 atom stereocenters. The van der Waals surface area contributed by atoms with Gasteiger partial charge in [0.2, 0.25) is 0 Å². The van der Waals surface area contributed by atoms with Crippen molar-refractivity contribution in [3.63, 3.8) is 0 Å². The Labute approximate surface area is 121 Å². The predicted molar refractivity (Wildman–Crippen MR) is 81.6 cm³/mol. The largest absolute Gasteiger partial charge is 0.307 e. The third-order valence-corrected chi connectivity index (χ3v) is 3.94. The van der Waals surface area contributed by atoms with Gasteiger partial charge in [0.15, 0.2) is 0 Å². The summed E-state index contributed by atoms with van der Waals surface area (Å²) in [5, 5.41) is 4.93. The third kappa shape index (κ3) is 4.79. The van der Waals surface area contributed by atoms with Crippen LogP contribution in [0.3, 0.4) is 0 Å². The molecule has 3 heteroatoms. The summed E-state index contributed by atoms with van der Waals surface area (Å²) in [6, 6.07) is 6.76. The Morgan fingerprint density at radius 3 is 2.17 bits per heavy atom. The molecule has 0 saturated heterocycles. The fourth-order valence-electron chi connectivity index (χ4n) is 2.24. The Morgan fingerprint density at radius 2 is 1.67 bits per heavy atom. The number of halogens is 2. The fourth-order valence-corrected chi connectivity index (χ4v) is 2.55. The van der Waals surface area contributed by atoms with Crippen LogP contribution in [0, 0.1) is 0 Å². The number of benzene rings is 1. The molecule has 1 N–H and O–H groups in total. The summed E-state index contributed by atoms with van der Waals surface area (Å²) in [6.45, 7) is 6.64. The fraction of sp³-hybridized carbons (Fsp3) is 0.600. The van der Waals surface area contributed by atoms with Crippen LogP contribution in [0.25, 0.3) is 0 Å². The first-order valence-corrected chi connectivity index (χ1v) is 7.55. The Morgan fingerprint density at radius 1 is 1.06 bits per heavy atom. The number of rotatable bonds is 7. The van der Waals surface area contributed by atoms with E-state index in [1.54, 1.807) is 0 Å². The lowest BCUT2D eigenvalue weighted by Crippen LogP contribution is -2.31. The molecule has 0 amide bonds. The smallest absolute Gasteiger partial charge is 0.0595 e. The van der Waals surface area contributed by atoms with Crippen molar-refractivity contribution in [1.29, 1.82) is 0 Å². The Kier molecular flexibility index (Phi) is 7.06. The summed E-state index contributed by atoms with van der Waals surface area (Å²) < 4.78 is 0. The summed E-state index contributed by atoms with van der Waals surface area (Å²) in [7, 11) is 0. The number of hydrogen-bond acceptors (Lipinski definition) is 1. The van der Waals surface area contributed by atoms with Crippen molar-refractivity contribution in [3.8, 4) is 0 Å². The molecular weight excluding hydrogens is 265 g/mol. The van der Waals surface area contributed by atoms with Gasteiger partial charge in [0.05, 0.1) is 10.0 Å². The highest BCUT2D eigenvalue weighted by Gasteiger charge is 2.12. The topological polar surface area (TPSA) is 12.0 Å². The van der Waals surface area contributed by atoms with Crippen LogP contribution in [-0.4, -0.2) is 6.04 Å². The summed E-state index contributed by atoms with van der Waals surface area (Å²) in [5.74, 6) is 0. The van der Waals surface area contributed by atoms with Crippen molar-refractivity contribution in [1.82, 2.24) is 5.32 Å². The van der Waals surface area contributed by atoms with Gasteiger partial charge in [-0.05, 0) is 37.5 Å². The minimum atomic E-state index is 0.308. The quantitative estimate of drug-likeness (QED) is 0.687. The normalized spacial score (nSPS) is 13.0. The lowest BCUT2D eigenvalue weighted by molar-refractivity contribution is 0.402. The van der Waals surface area contributed by atoms with E-state index in [2.05, 4.69) is 26.1 Å². The van der Waals surface area contributed by atoms with Crippen LogP contribution in [0.1, 0.15) is 58.1 Å². The van der Waals surface area contributed by atoms with E-state index in [4.69, 9.17) is 23.2 Å². The third-order valence-electron chi connectivity index (χ3n) is 3.20. The van der Waals surface area contributed by atoms with E-state index in [1.165, 1.54) is 31.2 Å². The van der Waals surface area contributed by atoms with Crippen molar-refractivity contribution in [3.05, 3.63) is 33.8 Å². The molecule has 0 fully saturated rings. The van der Waals surface area contributed by atoms with Gasteiger partial charge < -0.3 is 5.32 Å². The summed E-state index contributed by atoms with van der Waals surface area (Å²) in [6.07, 6.45) is 4.87. The van der Waals surface area contributed by atoms with Gasteiger partial charge in [-0.15, -0.1) is 0 Å². The second-order valence-corrected chi connectivity index (χ2v) is 5.65. The molecule has 1 unspecified atom stereocenters. The molecular formula is C15H23Cl2N. The van der Waals surface area contributed by atoms with E-state index in [-0.39, 0.29) is 0 Å². The monoisotopic (exact) mass is 287 g/mol. The second kappa shape index (κ2) is 8.04. The zero-order valence-electron chi connectivity index (χ0n) is 11.5. The van der Waals surface area contributed by atoms with E-state index >= 15 is 0 Å². The lowest BCUT2D eigenvalue weighted by Gasteiger charge is -2.23. The standard InChI is InChI=1S/C15H23Cl2N/c1-4-6-13(7-5-2)18-11(3)12-8-9-14(16)15(17)10-12/h8-11,13,18H,4-7H2,1-3H3. The first-order valence-electron chi connectivity index (χ1n) is 6.79. The SMILES string of the molecule is CCCC(CCC)NC(C)c1ccc(Cl)c(Cl)c1. The first-order chi connectivity index (χ1) is 8.58. The van der Waals surface area contributed by atoms with E-state index in [9.17, 15) is 0 Å². The predicted octanol–water partition coefficient (Wildman–Crippen LogP) is 5.61. The summed E-state index contributed by atoms with van der Waals surface area (Å²) in [5.41, 5.74) is 1.20. The molecule has 0 aromatic heterocycles. The molecule has 0 spiro atoms. The van der Waals surface area contributed by atoms with Crippen LogP contribution in [0.15, 0.2) is 18.2 Å². The molecule has 0 heterocycles. The summed E-state index contributed by atoms with van der Waals surface area (Å²) >= 11 is 12.0. The van der Waals surface area contributed by atoms with Gasteiger partial charge in [0.1, 0.15) is 0 Å². The van der Waals surface area contributed by atoms with Crippen molar-refractivity contribution in [2.24, 2.45) is 0 Å². The van der Waals surface area contributed by atoms with E-state index in [0.29, 0.717) is 22.1 Å². The molecule has 1 rings (SSSR count). The molecule has 0 aliphatic carbocycles. The molecule has 0 aliphatic heterocycles. The van der Waals surface area contributed by atoms with Gasteiger partial charge in [-0.25, -0.2) is 0 Å². The maximum Gasteiger partial charge on any atom is 0.0595 e. The van der Waals surface area contributed by atoms with Crippen LogP contribution >= 0.6 is 23.2 Å². The highest BCUT2D eigenvalue weighted by atomic mass is 35.5. The van der Waals surface area contributed by atoms with Gasteiger partial charge >= 0.3 is 0 Å². The van der Waals surface area contributed by atoms with Crippen molar-refractivity contribution >= 4 is 23.2 Å². The van der Waals surface area contributed by atoms with Gasteiger partial charge in [0.25, 0.3) is 0 Å². The van der Waals surface area contributed by atoms with Crippen LogP contribution in [0.4, 0.5) is 0 Å².